The average Bonchev–Trinajstić information content (AvgIpc) is 2.54. The Kier molecular flexibility index (Phi) is 3.35. The molecule has 1 aliphatic carbocycles. The van der Waals surface area contributed by atoms with E-state index in [-0.39, 0.29) is 17.4 Å². The lowest BCUT2D eigenvalue weighted by molar-refractivity contribution is -0.128. The van der Waals surface area contributed by atoms with Crippen LogP contribution in [0.2, 0.25) is 0 Å². The van der Waals surface area contributed by atoms with Crippen molar-refractivity contribution < 1.29 is 10.2 Å². The zero-order chi connectivity index (χ0) is 17.1. The summed E-state index contributed by atoms with van der Waals surface area (Å²) in [6.45, 7) is 6.00. The molecule has 4 rings (SSSR count). The lowest BCUT2D eigenvalue weighted by Gasteiger charge is -2.52. The van der Waals surface area contributed by atoms with E-state index in [1.54, 1.807) is 13.1 Å². The van der Waals surface area contributed by atoms with E-state index in [0.29, 0.717) is 6.42 Å². The fourth-order valence-electron chi connectivity index (χ4n) is 4.37. The van der Waals surface area contributed by atoms with Gasteiger partial charge in [0, 0.05) is 28.8 Å². The topological polar surface area (TPSA) is 65.7 Å². The normalized spacial score (nSPS) is 34.9. The fraction of sp³-hybridized carbons (Fsp3) is 0.500. The van der Waals surface area contributed by atoms with Gasteiger partial charge in [-0.25, -0.2) is 0 Å². The Balaban J connectivity index is 1.95. The van der Waals surface area contributed by atoms with Crippen molar-refractivity contribution >= 4 is 16.6 Å². The summed E-state index contributed by atoms with van der Waals surface area (Å²) in [6, 6.07) is 9.99. The first-order valence-electron chi connectivity index (χ1n) is 8.65. The molecule has 2 N–H and O–H groups in total. The van der Waals surface area contributed by atoms with Crippen LogP contribution >= 0.6 is 0 Å². The van der Waals surface area contributed by atoms with Crippen molar-refractivity contribution in [3.63, 3.8) is 0 Å². The molecule has 24 heavy (non-hydrogen) atoms. The summed E-state index contributed by atoms with van der Waals surface area (Å²) in [6.07, 6.45) is 2.53. The van der Waals surface area contributed by atoms with Crippen LogP contribution in [0.3, 0.4) is 0 Å². The van der Waals surface area contributed by atoms with E-state index < -0.39 is 11.7 Å². The summed E-state index contributed by atoms with van der Waals surface area (Å²) in [7, 11) is 0. The number of aliphatic hydroxyl groups excluding tert-OH is 1. The van der Waals surface area contributed by atoms with Crippen LogP contribution in [0.4, 0.5) is 0 Å². The molecule has 126 valence electrons. The van der Waals surface area contributed by atoms with Gasteiger partial charge in [0.2, 0.25) is 0 Å². The van der Waals surface area contributed by atoms with Gasteiger partial charge in [-0.3, -0.25) is 9.98 Å². The molecule has 0 amide bonds. The second kappa shape index (κ2) is 5.11. The van der Waals surface area contributed by atoms with Gasteiger partial charge in [0.25, 0.3) is 0 Å². The minimum Gasteiger partial charge on any atom is -0.390 e. The van der Waals surface area contributed by atoms with E-state index in [0.717, 1.165) is 28.6 Å². The van der Waals surface area contributed by atoms with E-state index in [9.17, 15) is 10.2 Å². The number of benzene rings is 1. The number of aliphatic hydroxyl groups is 2. The van der Waals surface area contributed by atoms with E-state index in [2.05, 4.69) is 18.8 Å². The summed E-state index contributed by atoms with van der Waals surface area (Å²) >= 11 is 0. The van der Waals surface area contributed by atoms with Gasteiger partial charge in [0.15, 0.2) is 0 Å². The highest BCUT2D eigenvalue weighted by atomic mass is 16.3. The van der Waals surface area contributed by atoms with E-state index in [1.165, 1.54) is 0 Å². The molecule has 4 heteroatoms. The lowest BCUT2D eigenvalue weighted by Crippen LogP contribution is -2.59. The number of rotatable bonds is 1. The molecule has 2 aromatic rings. The number of hydrogen-bond donors (Lipinski definition) is 2. The maximum atomic E-state index is 11.0. The van der Waals surface area contributed by atoms with Crippen LogP contribution in [0.1, 0.15) is 39.2 Å². The zero-order valence-corrected chi connectivity index (χ0v) is 14.4. The monoisotopic (exact) mass is 324 g/mol. The van der Waals surface area contributed by atoms with Gasteiger partial charge >= 0.3 is 0 Å². The molecule has 1 aromatic carbocycles. The second-order valence-corrected chi connectivity index (χ2v) is 7.99. The van der Waals surface area contributed by atoms with Crippen LogP contribution in [-0.4, -0.2) is 38.2 Å². The predicted molar refractivity (Wildman–Crippen MR) is 95.2 cm³/mol. The molecule has 4 atom stereocenters. The number of aliphatic imine (C=N–C) groups is 1. The molecule has 2 aliphatic rings. The van der Waals surface area contributed by atoms with Crippen molar-refractivity contribution in [1.82, 2.24) is 4.98 Å². The summed E-state index contributed by atoms with van der Waals surface area (Å²) in [5.41, 5.74) is 1.45. The summed E-state index contributed by atoms with van der Waals surface area (Å²) in [4.78, 5) is 9.50. The van der Waals surface area contributed by atoms with Gasteiger partial charge in [0.1, 0.15) is 0 Å². The molecule has 1 aliphatic heterocycles. The minimum atomic E-state index is -1.16. The van der Waals surface area contributed by atoms with Crippen LogP contribution in [-0.2, 0) is 0 Å². The Labute approximate surface area is 142 Å². The Bertz CT molecular complexity index is 820. The Hall–Kier alpha value is -1.78. The average molecular weight is 324 g/mol. The quantitative estimate of drug-likeness (QED) is 0.847. The Morgan fingerprint density at radius 3 is 2.62 bits per heavy atom. The standard InChI is InChI=1S/C20H24N2O2/c1-19(2)12-10-15(20(3,24)17(23)11-12)18(22-19)14-8-9-21-16-7-5-4-6-13(14)16/h4-9,12,15,17,23-24H,10-11H2,1-3H3/t12?,15?,17-,20+/m0/s1. The maximum Gasteiger partial charge on any atom is 0.0960 e. The molecule has 2 unspecified atom stereocenters. The number of hydrogen-bond acceptors (Lipinski definition) is 4. The van der Waals surface area contributed by atoms with Gasteiger partial charge in [-0.1, -0.05) is 18.2 Å². The molecule has 1 saturated carbocycles. The van der Waals surface area contributed by atoms with Crippen LogP contribution in [0.25, 0.3) is 10.9 Å². The molecule has 2 bridgehead atoms. The van der Waals surface area contributed by atoms with E-state index >= 15 is 0 Å². The third kappa shape index (κ3) is 2.20. The van der Waals surface area contributed by atoms with Crippen LogP contribution < -0.4 is 0 Å². The predicted octanol–water partition coefficient (Wildman–Crippen LogP) is 2.95. The van der Waals surface area contributed by atoms with Crippen molar-refractivity contribution in [2.75, 3.05) is 0 Å². The SMILES string of the molecule is CC1(C)N=C(c2ccnc3ccccc23)C2CC1C[C@H](O)[C@]2(C)O. The molecular weight excluding hydrogens is 300 g/mol. The first-order valence-corrected chi connectivity index (χ1v) is 8.65. The number of para-hydroxylation sites is 1. The first-order chi connectivity index (χ1) is 11.3. The number of fused-ring (bicyclic) bond motifs is 3. The molecule has 4 nitrogen and oxygen atoms in total. The van der Waals surface area contributed by atoms with Crippen molar-refractivity contribution in [3.8, 4) is 0 Å². The molecule has 0 radical (unpaired) electrons. The molecule has 1 aromatic heterocycles. The Morgan fingerprint density at radius 1 is 1.08 bits per heavy atom. The van der Waals surface area contributed by atoms with Gasteiger partial charge in [-0.05, 0) is 51.7 Å². The highest BCUT2D eigenvalue weighted by Crippen LogP contribution is 2.48. The van der Waals surface area contributed by atoms with E-state index in [1.807, 2.05) is 30.3 Å². The largest absolute Gasteiger partial charge is 0.390 e. The highest BCUT2D eigenvalue weighted by Gasteiger charge is 2.53. The highest BCUT2D eigenvalue weighted by molar-refractivity contribution is 6.12. The Morgan fingerprint density at radius 2 is 1.83 bits per heavy atom. The first kappa shape index (κ1) is 15.7. The third-order valence-electron chi connectivity index (χ3n) is 6.07. The van der Waals surface area contributed by atoms with Gasteiger partial charge in [0.05, 0.1) is 22.8 Å². The number of aromatic nitrogens is 1. The molecule has 1 fully saturated rings. The molecule has 0 saturated heterocycles. The molecule has 0 spiro atoms. The van der Waals surface area contributed by atoms with Crippen molar-refractivity contribution in [3.05, 3.63) is 42.1 Å². The van der Waals surface area contributed by atoms with Crippen LogP contribution in [0, 0.1) is 11.8 Å². The molecular formula is C20H24N2O2. The fourth-order valence-corrected chi connectivity index (χ4v) is 4.37. The van der Waals surface area contributed by atoms with Gasteiger partial charge < -0.3 is 10.2 Å². The zero-order valence-electron chi connectivity index (χ0n) is 14.4. The van der Waals surface area contributed by atoms with E-state index in [4.69, 9.17) is 4.99 Å². The van der Waals surface area contributed by atoms with Crippen molar-refractivity contribution in [1.29, 1.82) is 0 Å². The number of pyridine rings is 1. The minimum absolute atomic E-state index is 0.162. The van der Waals surface area contributed by atoms with Crippen molar-refractivity contribution in [2.45, 2.75) is 50.9 Å². The third-order valence-corrected chi connectivity index (χ3v) is 6.07. The smallest absolute Gasteiger partial charge is 0.0960 e. The molecule has 2 heterocycles. The lowest BCUT2D eigenvalue weighted by atomic mass is 9.60. The number of nitrogens with zero attached hydrogens (tertiary/aromatic N) is 2. The van der Waals surface area contributed by atoms with Crippen LogP contribution in [0.15, 0.2) is 41.5 Å². The second-order valence-electron chi connectivity index (χ2n) is 7.99. The van der Waals surface area contributed by atoms with Crippen molar-refractivity contribution in [2.24, 2.45) is 16.8 Å². The van der Waals surface area contributed by atoms with Gasteiger partial charge in [-0.2, -0.15) is 0 Å². The van der Waals surface area contributed by atoms with Crippen LogP contribution in [0.5, 0.6) is 0 Å². The van der Waals surface area contributed by atoms with Gasteiger partial charge in [-0.15, -0.1) is 0 Å². The maximum absolute atomic E-state index is 11.0. The summed E-state index contributed by atoms with van der Waals surface area (Å²) in [5, 5.41) is 22.6. The summed E-state index contributed by atoms with van der Waals surface area (Å²) < 4.78 is 0. The summed E-state index contributed by atoms with van der Waals surface area (Å²) in [5.74, 6) is 0.125.